The van der Waals surface area contributed by atoms with Gasteiger partial charge in [-0.3, -0.25) is 4.79 Å². The Morgan fingerprint density at radius 3 is 2.30 bits per heavy atom. The Kier molecular flexibility index (Phi) is 6.21. The average molecular weight is 279 g/mol. The van der Waals surface area contributed by atoms with Crippen LogP contribution in [0, 0.1) is 0 Å². The summed E-state index contributed by atoms with van der Waals surface area (Å²) in [5.41, 5.74) is -0.191. The van der Waals surface area contributed by atoms with Crippen LogP contribution in [-0.2, 0) is 4.79 Å². The quantitative estimate of drug-likeness (QED) is 0.711. The lowest BCUT2D eigenvalue weighted by atomic mass is 10.1. The van der Waals surface area contributed by atoms with E-state index >= 15 is 0 Å². The summed E-state index contributed by atoms with van der Waals surface area (Å²) in [5.74, 6) is 1.55. The molecule has 0 atom stereocenters. The van der Waals surface area contributed by atoms with Crippen molar-refractivity contribution in [1.29, 1.82) is 0 Å². The maximum atomic E-state index is 11.7. The topological polar surface area (TPSA) is 78.9 Å². The zero-order valence-electron chi connectivity index (χ0n) is 12.8. The molecule has 6 heteroatoms. The van der Waals surface area contributed by atoms with Crippen molar-refractivity contribution >= 4 is 17.5 Å². The predicted octanol–water partition coefficient (Wildman–Crippen LogP) is 2.02. The molecule has 0 radical (unpaired) electrons. The Bertz CT molecular complexity index is 428. The molecule has 0 aliphatic heterocycles. The van der Waals surface area contributed by atoms with E-state index in [2.05, 4.69) is 32.8 Å². The van der Waals surface area contributed by atoms with Crippen molar-refractivity contribution in [3.8, 4) is 0 Å². The van der Waals surface area contributed by atoms with E-state index in [4.69, 9.17) is 0 Å². The molecule has 1 rings (SSSR count). The minimum absolute atomic E-state index is 0.0309. The number of anilines is 2. The molecule has 0 spiro atoms. The van der Waals surface area contributed by atoms with E-state index in [0.717, 1.165) is 24.6 Å². The lowest BCUT2D eigenvalue weighted by Crippen LogP contribution is -2.41. The van der Waals surface area contributed by atoms with Crippen LogP contribution in [-0.4, -0.2) is 34.5 Å². The first-order valence-electron chi connectivity index (χ1n) is 7.01. The minimum Gasteiger partial charge on any atom is -0.370 e. The molecule has 6 nitrogen and oxygen atoms in total. The second-order valence-corrected chi connectivity index (χ2v) is 5.69. The first-order valence-corrected chi connectivity index (χ1v) is 7.01. The van der Waals surface area contributed by atoms with Crippen molar-refractivity contribution in [2.75, 3.05) is 23.7 Å². The summed E-state index contributed by atoms with van der Waals surface area (Å²) >= 11 is 0. The van der Waals surface area contributed by atoms with Gasteiger partial charge in [0, 0.05) is 31.1 Å². The van der Waals surface area contributed by atoms with E-state index in [-0.39, 0.29) is 11.4 Å². The number of nitrogens with zero attached hydrogens (tertiary/aromatic N) is 2. The van der Waals surface area contributed by atoms with E-state index in [9.17, 15) is 4.79 Å². The van der Waals surface area contributed by atoms with Crippen LogP contribution in [0.4, 0.5) is 11.6 Å². The number of aromatic nitrogens is 2. The molecule has 3 N–H and O–H groups in total. The number of amides is 1. The highest BCUT2D eigenvalue weighted by molar-refractivity contribution is 5.77. The van der Waals surface area contributed by atoms with Gasteiger partial charge in [-0.15, -0.1) is 0 Å². The van der Waals surface area contributed by atoms with Gasteiger partial charge in [0.05, 0.1) is 0 Å². The summed E-state index contributed by atoms with van der Waals surface area (Å²) in [5, 5.41) is 9.24. The van der Waals surface area contributed by atoms with Crippen LogP contribution < -0.4 is 16.0 Å². The van der Waals surface area contributed by atoms with Crippen molar-refractivity contribution in [3.63, 3.8) is 0 Å². The van der Waals surface area contributed by atoms with Gasteiger partial charge in [-0.1, -0.05) is 6.92 Å². The number of nitrogens with one attached hydrogen (secondary N) is 3. The second-order valence-electron chi connectivity index (χ2n) is 5.69. The normalized spacial score (nSPS) is 11.0. The zero-order chi connectivity index (χ0) is 15.0. The monoisotopic (exact) mass is 279 g/mol. The van der Waals surface area contributed by atoms with Crippen LogP contribution in [0.1, 0.15) is 40.5 Å². The number of hydrogen-bond acceptors (Lipinski definition) is 5. The molecule has 0 aromatic carbocycles. The number of hydrogen-bond donors (Lipinski definition) is 3. The third-order valence-electron chi connectivity index (χ3n) is 2.40. The van der Waals surface area contributed by atoms with Crippen molar-refractivity contribution < 1.29 is 4.79 Å². The van der Waals surface area contributed by atoms with Gasteiger partial charge in [-0.2, -0.15) is 0 Å². The largest absolute Gasteiger partial charge is 0.370 e. The molecular formula is C14H25N5O. The first-order chi connectivity index (χ1) is 9.40. The van der Waals surface area contributed by atoms with Crippen molar-refractivity contribution in [3.05, 3.63) is 12.4 Å². The molecule has 0 fully saturated rings. The molecule has 1 aromatic heterocycles. The molecule has 0 bridgehead atoms. The third-order valence-corrected chi connectivity index (χ3v) is 2.40. The molecule has 20 heavy (non-hydrogen) atoms. The highest BCUT2D eigenvalue weighted by Crippen LogP contribution is 2.08. The van der Waals surface area contributed by atoms with E-state index in [0.29, 0.717) is 13.0 Å². The molecular weight excluding hydrogens is 254 g/mol. The van der Waals surface area contributed by atoms with E-state index in [1.54, 1.807) is 0 Å². The van der Waals surface area contributed by atoms with Gasteiger partial charge in [0.2, 0.25) is 5.91 Å². The first kappa shape index (κ1) is 16.2. The fourth-order valence-corrected chi connectivity index (χ4v) is 1.59. The van der Waals surface area contributed by atoms with Gasteiger partial charge in [0.1, 0.15) is 18.0 Å². The smallest absolute Gasteiger partial charge is 0.222 e. The van der Waals surface area contributed by atoms with E-state index < -0.39 is 0 Å². The molecule has 112 valence electrons. The van der Waals surface area contributed by atoms with E-state index in [1.165, 1.54) is 6.33 Å². The van der Waals surface area contributed by atoms with Crippen LogP contribution in [0.3, 0.4) is 0 Å². The maximum absolute atomic E-state index is 11.7. The highest BCUT2D eigenvalue weighted by Gasteiger charge is 2.12. The Morgan fingerprint density at radius 2 is 1.75 bits per heavy atom. The van der Waals surface area contributed by atoms with Gasteiger partial charge in [0.25, 0.3) is 0 Å². The Balaban J connectivity index is 2.36. The fraction of sp³-hybridized carbons (Fsp3) is 0.643. The van der Waals surface area contributed by atoms with Crippen LogP contribution in [0.2, 0.25) is 0 Å². The summed E-state index contributed by atoms with van der Waals surface area (Å²) in [6.07, 6.45) is 2.97. The number of carbonyl (C=O) groups is 1. The molecule has 0 aliphatic rings. The van der Waals surface area contributed by atoms with Crippen molar-refractivity contribution in [2.24, 2.45) is 0 Å². The van der Waals surface area contributed by atoms with E-state index in [1.807, 2.05) is 26.8 Å². The Labute approximate surface area is 120 Å². The third kappa shape index (κ3) is 6.92. The van der Waals surface area contributed by atoms with Crippen LogP contribution in [0.15, 0.2) is 12.4 Å². The lowest BCUT2D eigenvalue weighted by Gasteiger charge is -2.20. The maximum Gasteiger partial charge on any atom is 0.222 e. The molecule has 1 heterocycles. The number of rotatable bonds is 7. The van der Waals surface area contributed by atoms with Crippen LogP contribution >= 0.6 is 0 Å². The minimum atomic E-state index is -0.191. The summed E-state index contributed by atoms with van der Waals surface area (Å²) in [6.45, 7) is 9.43. The Hall–Kier alpha value is -1.85. The van der Waals surface area contributed by atoms with Crippen LogP contribution in [0.5, 0.6) is 0 Å². The molecule has 0 unspecified atom stereocenters. The van der Waals surface area contributed by atoms with Gasteiger partial charge in [-0.25, -0.2) is 9.97 Å². The average Bonchev–Trinajstić information content (AvgIpc) is 2.34. The van der Waals surface area contributed by atoms with Gasteiger partial charge >= 0.3 is 0 Å². The summed E-state index contributed by atoms with van der Waals surface area (Å²) in [7, 11) is 0. The van der Waals surface area contributed by atoms with Gasteiger partial charge in [0.15, 0.2) is 0 Å². The predicted molar refractivity (Wildman–Crippen MR) is 81.8 cm³/mol. The zero-order valence-corrected chi connectivity index (χ0v) is 12.8. The SMILES string of the molecule is CCCNc1cc(NCCC(=O)NC(C)(C)C)ncn1. The molecule has 1 aromatic rings. The second kappa shape index (κ2) is 7.67. The summed E-state index contributed by atoms with van der Waals surface area (Å²) in [6, 6.07) is 1.84. The Morgan fingerprint density at radius 1 is 1.15 bits per heavy atom. The van der Waals surface area contributed by atoms with Crippen molar-refractivity contribution in [1.82, 2.24) is 15.3 Å². The van der Waals surface area contributed by atoms with Crippen LogP contribution in [0.25, 0.3) is 0 Å². The standard InChI is InChI=1S/C14H25N5O/c1-5-7-15-11-9-12(18-10-17-11)16-8-6-13(20)19-14(2,3)4/h9-10H,5-8H2,1-4H3,(H,19,20)(H2,15,16,17,18). The van der Waals surface area contributed by atoms with Crippen molar-refractivity contribution in [2.45, 2.75) is 46.1 Å². The lowest BCUT2D eigenvalue weighted by molar-refractivity contribution is -0.122. The number of carbonyl (C=O) groups excluding carboxylic acids is 1. The molecule has 0 saturated heterocycles. The van der Waals surface area contributed by atoms with Gasteiger partial charge in [-0.05, 0) is 27.2 Å². The van der Waals surface area contributed by atoms with Gasteiger partial charge < -0.3 is 16.0 Å². The summed E-state index contributed by atoms with van der Waals surface area (Å²) < 4.78 is 0. The molecule has 0 aliphatic carbocycles. The summed E-state index contributed by atoms with van der Waals surface area (Å²) in [4.78, 5) is 19.9. The highest BCUT2D eigenvalue weighted by atomic mass is 16.1. The molecule has 1 amide bonds. The molecule has 0 saturated carbocycles. The fourth-order valence-electron chi connectivity index (χ4n) is 1.59.